The SMILES string of the molecule is CCC(C)COC(=O)C(C)(C)CCN1CCOCC1. The molecular weight excluding hydrogens is 242 g/mol. The highest BCUT2D eigenvalue weighted by Crippen LogP contribution is 2.23. The van der Waals surface area contributed by atoms with Crippen LogP contribution in [0, 0.1) is 11.3 Å². The maximum absolute atomic E-state index is 12.1. The van der Waals surface area contributed by atoms with Crippen molar-refractivity contribution >= 4 is 5.97 Å². The first-order valence-corrected chi connectivity index (χ1v) is 7.43. The number of morpholine rings is 1. The van der Waals surface area contributed by atoms with Crippen molar-refractivity contribution in [2.45, 2.75) is 40.5 Å². The quantitative estimate of drug-likeness (QED) is 0.666. The summed E-state index contributed by atoms with van der Waals surface area (Å²) in [6.45, 7) is 13.2. The summed E-state index contributed by atoms with van der Waals surface area (Å²) in [4.78, 5) is 14.4. The fourth-order valence-corrected chi connectivity index (χ4v) is 1.90. The van der Waals surface area contributed by atoms with Gasteiger partial charge in [0.15, 0.2) is 0 Å². The molecule has 0 saturated carbocycles. The van der Waals surface area contributed by atoms with Gasteiger partial charge < -0.3 is 9.47 Å². The third-order valence-corrected chi connectivity index (χ3v) is 3.91. The predicted molar refractivity (Wildman–Crippen MR) is 76.1 cm³/mol. The lowest BCUT2D eigenvalue weighted by Crippen LogP contribution is -2.39. The Morgan fingerprint density at radius 3 is 2.58 bits per heavy atom. The molecule has 1 heterocycles. The van der Waals surface area contributed by atoms with Crippen molar-refractivity contribution in [3.8, 4) is 0 Å². The standard InChI is InChI=1S/C15H29NO3/c1-5-13(2)12-19-14(17)15(3,4)6-7-16-8-10-18-11-9-16/h13H,5-12H2,1-4H3. The Bertz CT molecular complexity index is 273. The van der Waals surface area contributed by atoms with Gasteiger partial charge in [0.1, 0.15) is 0 Å². The Morgan fingerprint density at radius 1 is 1.37 bits per heavy atom. The van der Waals surface area contributed by atoms with Crippen LogP contribution in [-0.2, 0) is 14.3 Å². The summed E-state index contributed by atoms with van der Waals surface area (Å²) in [5.41, 5.74) is -0.397. The van der Waals surface area contributed by atoms with Gasteiger partial charge in [-0.05, 0) is 32.7 Å². The molecule has 0 N–H and O–H groups in total. The van der Waals surface area contributed by atoms with Crippen molar-refractivity contribution in [2.75, 3.05) is 39.5 Å². The summed E-state index contributed by atoms with van der Waals surface area (Å²) in [7, 11) is 0. The van der Waals surface area contributed by atoms with Gasteiger partial charge in [-0.1, -0.05) is 20.3 Å². The van der Waals surface area contributed by atoms with E-state index in [1.165, 1.54) is 0 Å². The van der Waals surface area contributed by atoms with E-state index >= 15 is 0 Å². The second kappa shape index (κ2) is 7.85. The number of rotatable bonds is 7. The molecule has 19 heavy (non-hydrogen) atoms. The zero-order valence-electron chi connectivity index (χ0n) is 12.9. The van der Waals surface area contributed by atoms with Gasteiger partial charge in [-0.15, -0.1) is 0 Å². The zero-order valence-corrected chi connectivity index (χ0v) is 12.9. The molecule has 4 nitrogen and oxygen atoms in total. The molecule has 4 heteroatoms. The Balaban J connectivity index is 2.30. The summed E-state index contributed by atoms with van der Waals surface area (Å²) >= 11 is 0. The number of esters is 1. The average molecular weight is 271 g/mol. The van der Waals surface area contributed by atoms with Crippen molar-refractivity contribution in [2.24, 2.45) is 11.3 Å². The molecule has 0 bridgehead atoms. The van der Waals surface area contributed by atoms with E-state index in [1.54, 1.807) is 0 Å². The van der Waals surface area contributed by atoms with Crippen LogP contribution in [0.1, 0.15) is 40.5 Å². The molecule has 0 aromatic rings. The number of hydrogen-bond acceptors (Lipinski definition) is 4. The normalized spacial score (nSPS) is 19.2. The van der Waals surface area contributed by atoms with Crippen LogP contribution in [-0.4, -0.2) is 50.3 Å². The monoisotopic (exact) mass is 271 g/mol. The van der Waals surface area contributed by atoms with Gasteiger partial charge in [0.2, 0.25) is 0 Å². The lowest BCUT2D eigenvalue weighted by molar-refractivity contribution is -0.156. The number of hydrogen-bond donors (Lipinski definition) is 0. The Kier molecular flexibility index (Phi) is 6.80. The number of carbonyl (C=O) groups is 1. The highest BCUT2D eigenvalue weighted by molar-refractivity contribution is 5.75. The van der Waals surface area contributed by atoms with Crippen molar-refractivity contribution in [3.63, 3.8) is 0 Å². The van der Waals surface area contributed by atoms with E-state index in [0.717, 1.165) is 45.7 Å². The van der Waals surface area contributed by atoms with Gasteiger partial charge in [-0.25, -0.2) is 0 Å². The summed E-state index contributed by atoms with van der Waals surface area (Å²) in [5.74, 6) is 0.375. The van der Waals surface area contributed by atoms with E-state index < -0.39 is 5.41 Å². The minimum absolute atomic E-state index is 0.0685. The Morgan fingerprint density at radius 2 is 2.00 bits per heavy atom. The van der Waals surface area contributed by atoms with Gasteiger partial charge >= 0.3 is 5.97 Å². The summed E-state index contributed by atoms with van der Waals surface area (Å²) in [5, 5.41) is 0. The minimum Gasteiger partial charge on any atom is -0.465 e. The third-order valence-electron chi connectivity index (χ3n) is 3.91. The number of carbonyl (C=O) groups excluding carboxylic acids is 1. The van der Waals surface area contributed by atoms with Crippen molar-refractivity contribution < 1.29 is 14.3 Å². The molecule has 1 aliphatic heterocycles. The molecule has 0 aromatic heterocycles. The van der Waals surface area contributed by atoms with Crippen molar-refractivity contribution in [3.05, 3.63) is 0 Å². The molecule has 112 valence electrons. The van der Waals surface area contributed by atoms with Crippen LogP contribution in [0.5, 0.6) is 0 Å². The Labute approximate surface area is 117 Å². The van der Waals surface area contributed by atoms with Crippen LogP contribution in [0.2, 0.25) is 0 Å². The second-order valence-electron chi connectivity index (χ2n) is 6.20. The fraction of sp³-hybridized carbons (Fsp3) is 0.933. The van der Waals surface area contributed by atoms with E-state index in [9.17, 15) is 4.79 Å². The first-order chi connectivity index (χ1) is 8.95. The van der Waals surface area contributed by atoms with E-state index in [4.69, 9.17) is 9.47 Å². The molecule has 1 atom stereocenters. The van der Waals surface area contributed by atoms with Gasteiger partial charge in [0.25, 0.3) is 0 Å². The second-order valence-corrected chi connectivity index (χ2v) is 6.20. The van der Waals surface area contributed by atoms with Gasteiger partial charge in [0.05, 0.1) is 25.2 Å². The van der Waals surface area contributed by atoms with Crippen LogP contribution >= 0.6 is 0 Å². The van der Waals surface area contributed by atoms with E-state index in [0.29, 0.717) is 12.5 Å². The summed E-state index contributed by atoms with van der Waals surface area (Å²) in [6, 6.07) is 0. The highest BCUT2D eigenvalue weighted by Gasteiger charge is 2.30. The van der Waals surface area contributed by atoms with Crippen LogP contribution in [0.15, 0.2) is 0 Å². The highest BCUT2D eigenvalue weighted by atomic mass is 16.5. The van der Waals surface area contributed by atoms with Gasteiger partial charge in [-0.3, -0.25) is 9.69 Å². The molecule has 1 rings (SSSR count). The molecule has 0 aromatic carbocycles. The third kappa shape index (κ3) is 5.91. The molecule has 1 aliphatic rings. The van der Waals surface area contributed by atoms with E-state index in [2.05, 4.69) is 18.7 Å². The van der Waals surface area contributed by atoms with Crippen LogP contribution in [0.4, 0.5) is 0 Å². The minimum atomic E-state index is -0.397. The summed E-state index contributed by atoms with van der Waals surface area (Å²) in [6.07, 6.45) is 1.88. The van der Waals surface area contributed by atoms with Gasteiger partial charge in [0, 0.05) is 13.1 Å². The first kappa shape index (κ1) is 16.4. The molecular formula is C15H29NO3. The molecule has 0 radical (unpaired) electrons. The predicted octanol–water partition coefficient (Wildman–Crippen LogP) is 2.32. The van der Waals surface area contributed by atoms with Crippen LogP contribution in [0.25, 0.3) is 0 Å². The van der Waals surface area contributed by atoms with Crippen LogP contribution < -0.4 is 0 Å². The molecule has 1 unspecified atom stereocenters. The zero-order chi connectivity index (χ0) is 14.3. The molecule has 1 saturated heterocycles. The maximum Gasteiger partial charge on any atom is 0.311 e. The van der Waals surface area contributed by atoms with Crippen LogP contribution in [0.3, 0.4) is 0 Å². The van der Waals surface area contributed by atoms with Crippen molar-refractivity contribution in [1.29, 1.82) is 0 Å². The summed E-state index contributed by atoms with van der Waals surface area (Å²) < 4.78 is 10.7. The largest absolute Gasteiger partial charge is 0.465 e. The van der Waals surface area contributed by atoms with Gasteiger partial charge in [-0.2, -0.15) is 0 Å². The maximum atomic E-state index is 12.1. The molecule has 0 aliphatic carbocycles. The lowest BCUT2D eigenvalue weighted by atomic mass is 9.89. The molecule has 0 amide bonds. The topological polar surface area (TPSA) is 38.8 Å². The van der Waals surface area contributed by atoms with E-state index in [1.807, 2.05) is 13.8 Å². The lowest BCUT2D eigenvalue weighted by Gasteiger charge is -2.30. The molecule has 1 fully saturated rings. The van der Waals surface area contributed by atoms with E-state index in [-0.39, 0.29) is 5.97 Å². The molecule has 0 spiro atoms. The number of nitrogens with zero attached hydrogens (tertiary/aromatic N) is 1. The fourth-order valence-electron chi connectivity index (χ4n) is 1.90. The Hall–Kier alpha value is -0.610. The number of ether oxygens (including phenoxy) is 2. The van der Waals surface area contributed by atoms with Crippen molar-refractivity contribution in [1.82, 2.24) is 4.90 Å². The smallest absolute Gasteiger partial charge is 0.311 e. The first-order valence-electron chi connectivity index (χ1n) is 7.43. The average Bonchev–Trinajstić information content (AvgIpc) is 2.43.